The zero-order valence-electron chi connectivity index (χ0n) is 14.5. The Morgan fingerprint density at radius 2 is 1.70 bits per heavy atom. The van der Waals surface area contributed by atoms with Gasteiger partial charge in [0.15, 0.2) is 0 Å². The molecule has 1 aliphatic heterocycles. The van der Waals surface area contributed by atoms with Crippen LogP contribution in [0.3, 0.4) is 0 Å². The molecule has 0 saturated carbocycles. The van der Waals surface area contributed by atoms with Gasteiger partial charge in [0.1, 0.15) is 5.75 Å². The van der Waals surface area contributed by atoms with Gasteiger partial charge in [0.25, 0.3) is 5.91 Å². The summed E-state index contributed by atoms with van der Waals surface area (Å²) in [6.07, 6.45) is 0.803. The molecular formula is C18H26N2O3. The number of amides is 2. The second kappa shape index (κ2) is 7.02. The van der Waals surface area contributed by atoms with Crippen LogP contribution in [0.25, 0.3) is 0 Å². The molecule has 0 radical (unpaired) electrons. The number of hydrogen-bond acceptors (Lipinski definition) is 3. The van der Waals surface area contributed by atoms with Crippen molar-refractivity contribution in [1.29, 1.82) is 0 Å². The van der Waals surface area contributed by atoms with Crippen LogP contribution in [0.15, 0.2) is 24.3 Å². The molecule has 1 heterocycles. The predicted octanol–water partition coefficient (Wildman–Crippen LogP) is 2.42. The summed E-state index contributed by atoms with van der Waals surface area (Å²) in [5.74, 6) is 0.817. The number of carbonyl (C=O) groups is 2. The van der Waals surface area contributed by atoms with E-state index >= 15 is 0 Å². The van der Waals surface area contributed by atoms with Crippen LogP contribution in [-0.2, 0) is 4.79 Å². The summed E-state index contributed by atoms with van der Waals surface area (Å²) in [5, 5.41) is 0. The Morgan fingerprint density at radius 3 is 2.35 bits per heavy atom. The molecule has 0 bridgehead atoms. The predicted molar refractivity (Wildman–Crippen MR) is 89.5 cm³/mol. The Bertz CT molecular complexity index is 578. The van der Waals surface area contributed by atoms with Gasteiger partial charge in [-0.3, -0.25) is 9.59 Å². The van der Waals surface area contributed by atoms with Gasteiger partial charge < -0.3 is 14.5 Å². The maximum atomic E-state index is 12.7. The van der Waals surface area contributed by atoms with Crippen molar-refractivity contribution in [2.75, 3.05) is 33.3 Å². The largest absolute Gasteiger partial charge is 0.497 e. The average Bonchev–Trinajstić information content (AvgIpc) is 2.78. The first-order valence-electron chi connectivity index (χ1n) is 8.05. The minimum atomic E-state index is -0.383. The highest BCUT2D eigenvalue weighted by molar-refractivity contribution is 5.94. The molecule has 0 unspecified atom stereocenters. The fraction of sp³-hybridized carbons (Fsp3) is 0.556. The molecular weight excluding hydrogens is 292 g/mol. The van der Waals surface area contributed by atoms with Crippen LogP contribution in [0, 0.1) is 5.41 Å². The molecule has 5 nitrogen and oxygen atoms in total. The minimum Gasteiger partial charge on any atom is -0.497 e. The van der Waals surface area contributed by atoms with Crippen LogP contribution in [0.2, 0.25) is 0 Å². The monoisotopic (exact) mass is 318 g/mol. The standard InChI is InChI=1S/C18H26N2O3/c1-18(2,3)17(22)20-10-6-9-19(11-12-20)16(21)14-7-5-8-15(13-14)23-4/h5,7-8,13H,6,9-12H2,1-4H3. The summed E-state index contributed by atoms with van der Waals surface area (Å²) in [6.45, 7) is 8.32. The molecule has 2 amide bonds. The highest BCUT2D eigenvalue weighted by Crippen LogP contribution is 2.20. The van der Waals surface area contributed by atoms with E-state index in [1.807, 2.05) is 42.7 Å². The number of carbonyl (C=O) groups excluding carboxylic acids is 2. The van der Waals surface area contributed by atoms with E-state index in [2.05, 4.69) is 0 Å². The first kappa shape index (κ1) is 17.3. The molecule has 1 fully saturated rings. The summed E-state index contributed by atoms with van der Waals surface area (Å²) < 4.78 is 5.18. The molecule has 2 rings (SSSR count). The van der Waals surface area contributed by atoms with Crippen LogP contribution < -0.4 is 4.74 Å². The lowest BCUT2D eigenvalue weighted by molar-refractivity contribution is -0.139. The van der Waals surface area contributed by atoms with E-state index in [9.17, 15) is 9.59 Å². The average molecular weight is 318 g/mol. The van der Waals surface area contributed by atoms with Crippen LogP contribution >= 0.6 is 0 Å². The van der Waals surface area contributed by atoms with E-state index < -0.39 is 0 Å². The number of ether oxygens (including phenoxy) is 1. The van der Waals surface area contributed by atoms with Gasteiger partial charge in [-0.25, -0.2) is 0 Å². The fourth-order valence-electron chi connectivity index (χ4n) is 2.74. The lowest BCUT2D eigenvalue weighted by Gasteiger charge is -2.28. The normalized spacial score (nSPS) is 16.0. The minimum absolute atomic E-state index is 0.00559. The van der Waals surface area contributed by atoms with Crippen molar-refractivity contribution in [3.8, 4) is 5.75 Å². The van der Waals surface area contributed by atoms with Crippen LogP contribution in [0.1, 0.15) is 37.6 Å². The fourth-order valence-corrected chi connectivity index (χ4v) is 2.74. The maximum absolute atomic E-state index is 12.7. The molecule has 126 valence electrons. The summed E-state index contributed by atoms with van der Waals surface area (Å²) in [4.78, 5) is 28.8. The molecule has 0 atom stereocenters. The first-order chi connectivity index (χ1) is 10.8. The van der Waals surface area contributed by atoms with E-state index in [0.717, 1.165) is 6.42 Å². The van der Waals surface area contributed by atoms with Crippen molar-refractivity contribution < 1.29 is 14.3 Å². The third-order valence-electron chi connectivity index (χ3n) is 4.03. The highest BCUT2D eigenvalue weighted by atomic mass is 16.5. The van der Waals surface area contributed by atoms with E-state index in [-0.39, 0.29) is 17.2 Å². The SMILES string of the molecule is COc1cccc(C(=O)N2CCCN(C(=O)C(C)(C)C)CC2)c1. The zero-order chi connectivity index (χ0) is 17.0. The zero-order valence-corrected chi connectivity index (χ0v) is 14.5. The van der Waals surface area contributed by atoms with Gasteiger partial charge in [0, 0.05) is 37.2 Å². The molecule has 1 aliphatic rings. The third-order valence-corrected chi connectivity index (χ3v) is 4.03. The van der Waals surface area contributed by atoms with Crippen molar-refractivity contribution >= 4 is 11.8 Å². The lowest BCUT2D eigenvalue weighted by Crippen LogP contribution is -2.42. The van der Waals surface area contributed by atoms with Crippen LogP contribution in [0.4, 0.5) is 0 Å². The van der Waals surface area contributed by atoms with Gasteiger partial charge in [-0.15, -0.1) is 0 Å². The van der Waals surface area contributed by atoms with E-state index in [0.29, 0.717) is 37.5 Å². The molecule has 1 aromatic rings. The molecule has 23 heavy (non-hydrogen) atoms. The Balaban J connectivity index is 2.05. The summed E-state index contributed by atoms with van der Waals surface area (Å²) >= 11 is 0. The molecule has 0 spiro atoms. The van der Waals surface area contributed by atoms with E-state index in [4.69, 9.17) is 4.74 Å². The third kappa shape index (κ3) is 4.24. The van der Waals surface area contributed by atoms with Crippen molar-refractivity contribution in [2.24, 2.45) is 5.41 Å². The number of rotatable bonds is 2. The Labute approximate surface area is 138 Å². The number of nitrogens with zero attached hydrogens (tertiary/aromatic N) is 2. The smallest absolute Gasteiger partial charge is 0.254 e. The van der Waals surface area contributed by atoms with Gasteiger partial charge in [-0.2, -0.15) is 0 Å². The molecule has 0 N–H and O–H groups in total. The number of hydrogen-bond donors (Lipinski definition) is 0. The summed E-state index contributed by atoms with van der Waals surface area (Å²) in [5.41, 5.74) is 0.242. The van der Waals surface area contributed by atoms with Gasteiger partial charge in [0.2, 0.25) is 5.91 Å². The van der Waals surface area contributed by atoms with E-state index in [1.165, 1.54) is 0 Å². The topological polar surface area (TPSA) is 49.9 Å². The van der Waals surface area contributed by atoms with Crippen molar-refractivity contribution in [1.82, 2.24) is 9.80 Å². The molecule has 5 heteroatoms. The van der Waals surface area contributed by atoms with Crippen LogP contribution in [-0.4, -0.2) is 54.9 Å². The second-order valence-corrected chi connectivity index (χ2v) is 6.92. The summed E-state index contributed by atoms with van der Waals surface area (Å²) in [7, 11) is 1.59. The Kier molecular flexibility index (Phi) is 5.29. The van der Waals surface area contributed by atoms with Gasteiger partial charge in [-0.05, 0) is 24.6 Å². The number of benzene rings is 1. The van der Waals surface area contributed by atoms with Gasteiger partial charge in [0.05, 0.1) is 7.11 Å². The second-order valence-electron chi connectivity index (χ2n) is 6.92. The Hall–Kier alpha value is -2.04. The Morgan fingerprint density at radius 1 is 1.04 bits per heavy atom. The molecule has 0 aromatic heterocycles. The number of methoxy groups -OCH3 is 1. The highest BCUT2D eigenvalue weighted by Gasteiger charge is 2.29. The van der Waals surface area contributed by atoms with Crippen LogP contribution in [0.5, 0.6) is 5.75 Å². The summed E-state index contributed by atoms with van der Waals surface area (Å²) in [6, 6.07) is 7.20. The van der Waals surface area contributed by atoms with Crippen molar-refractivity contribution in [3.05, 3.63) is 29.8 Å². The quantitative estimate of drug-likeness (QED) is 0.841. The maximum Gasteiger partial charge on any atom is 0.254 e. The molecule has 0 aliphatic carbocycles. The molecule has 1 saturated heterocycles. The lowest BCUT2D eigenvalue weighted by atomic mass is 9.94. The van der Waals surface area contributed by atoms with Crippen molar-refractivity contribution in [2.45, 2.75) is 27.2 Å². The van der Waals surface area contributed by atoms with Gasteiger partial charge in [-0.1, -0.05) is 26.8 Å². The van der Waals surface area contributed by atoms with Crippen molar-refractivity contribution in [3.63, 3.8) is 0 Å². The van der Waals surface area contributed by atoms with E-state index in [1.54, 1.807) is 19.2 Å². The first-order valence-corrected chi connectivity index (χ1v) is 8.05. The van der Waals surface area contributed by atoms with Gasteiger partial charge >= 0.3 is 0 Å². The molecule has 1 aromatic carbocycles.